The van der Waals surface area contributed by atoms with Crippen LogP contribution in [0.4, 0.5) is 4.39 Å². The quantitative estimate of drug-likeness (QED) is 0.801. The first kappa shape index (κ1) is 14.3. The van der Waals surface area contributed by atoms with E-state index in [0.29, 0.717) is 10.9 Å². The predicted molar refractivity (Wildman–Crippen MR) is 81.0 cm³/mol. The summed E-state index contributed by atoms with van der Waals surface area (Å²) in [6, 6.07) is 8.10. The van der Waals surface area contributed by atoms with Gasteiger partial charge >= 0.3 is 0 Å². The topological polar surface area (TPSA) is 55.1 Å². The molecule has 2 heterocycles. The summed E-state index contributed by atoms with van der Waals surface area (Å²) in [6.07, 6.45) is 3.36. The van der Waals surface area contributed by atoms with Crippen molar-refractivity contribution in [1.29, 1.82) is 0 Å². The molecule has 0 aliphatic carbocycles. The van der Waals surface area contributed by atoms with Gasteiger partial charge in [-0.25, -0.2) is 4.39 Å². The van der Waals surface area contributed by atoms with E-state index >= 15 is 0 Å². The van der Waals surface area contributed by atoms with Crippen molar-refractivity contribution in [2.45, 2.75) is 19.9 Å². The fraction of sp³-hybridized carbons (Fsp3) is 0.176. The molecule has 0 aliphatic heterocycles. The molecule has 0 saturated heterocycles. The molecule has 0 aliphatic rings. The minimum atomic E-state index is -0.472. The normalized spacial score (nSPS) is 12.3. The number of fused-ring (bicyclic) bond motifs is 1. The van der Waals surface area contributed by atoms with E-state index in [1.165, 1.54) is 6.07 Å². The van der Waals surface area contributed by atoms with Gasteiger partial charge in [0.05, 0.1) is 6.04 Å². The van der Waals surface area contributed by atoms with E-state index in [1.807, 2.05) is 13.0 Å². The lowest BCUT2D eigenvalue weighted by Crippen LogP contribution is -2.26. The van der Waals surface area contributed by atoms with E-state index in [0.717, 1.165) is 5.56 Å². The molecule has 1 N–H and O–H groups in total. The van der Waals surface area contributed by atoms with Crippen LogP contribution in [0, 0.1) is 12.7 Å². The van der Waals surface area contributed by atoms with Crippen LogP contribution in [0.25, 0.3) is 11.0 Å². The van der Waals surface area contributed by atoms with Gasteiger partial charge in [0.15, 0.2) is 17.2 Å². The van der Waals surface area contributed by atoms with Crippen LogP contribution in [-0.4, -0.2) is 10.9 Å². The zero-order valence-corrected chi connectivity index (χ0v) is 12.3. The van der Waals surface area contributed by atoms with Crippen molar-refractivity contribution in [2.75, 3.05) is 0 Å². The number of benzene rings is 1. The average molecular weight is 298 g/mol. The Bertz CT molecular complexity index is 827. The van der Waals surface area contributed by atoms with Crippen LogP contribution in [0.1, 0.15) is 34.6 Å². The summed E-state index contributed by atoms with van der Waals surface area (Å²) in [5.41, 5.74) is 1.63. The van der Waals surface area contributed by atoms with E-state index < -0.39 is 5.82 Å². The zero-order valence-electron chi connectivity index (χ0n) is 12.3. The van der Waals surface area contributed by atoms with Crippen LogP contribution in [0.2, 0.25) is 0 Å². The fourth-order valence-corrected chi connectivity index (χ4v) is 2.40. The summed E-state index contributed by atoms with van der Waals surface area (Å²) in [4.78, 5) is 16.4. The Morgan fingerprint density at radius 1 is 1.32 bits per heavy atom. The Kier molecular flexibility index (Phi) is 3.63. The summed E-state index contributed by atoms with van der Waals surface area (Å²) in [5.74, 6) is -0.708. The van der Waals surface area contributed by atoms with Crippen molar-refractivity contribution in [3.8, 4) is 0 Å². The standard InChI is InChI=1S/C17H15FN2O2/c1-10-13-6-3-7-14(18)16(13)22-15(10)17(21)20-11(2)12-5-4-8-19-9-12/h3-9,11H,1-2H3,(H,20,21). The van der Waals surface area contributed by atoms with E-state index in [2.05, 4.69) is 10.3 Å². The van der Waals surface area contributed by atoms with Crippen molar-refractivity contribution in [1.82, 2.24) is 10.3 Å². The highest BCUT2D eigenvalue weighted by atomic mass is 19.1. The van der Waals surface area contributed by atoms with Gasteiger partial charge in [-0.2, -0.15) is 0 Å². The number of furan rings is 1. The number of nitrogens with one attached hydrogen (secondary N) is 1. The average Bonchev–Trinajstić information content (AvgIpc) is 2.87. The molecule has 3 aromatic rings. The Balaban J connectivity index is 1.90. The van der Waals surface area contributed by atoms with Crippen LogP contribution in [0.5, 0.6) is 0 Å². The Morgan fingerprint density at radius 2 is 2.14 bits per heavy atom. The third kappa shape index (κ3) is 2.45. The molecule has 5 heteroatoms. The van der Waals surface area contributed by atoms with Gasteiger partial charge in [-0.05, 0) is 31.5 Å². The number of nitrogens with zero attached hydrogens (tertiary/aromatic N) is 1. The van der Waals surface area contributed by atoms with Crippen molar-refractivity contribution in [2.24, 2.45) is 0 Å². The number of halogens is 1. The van der Waals surface area contributed by atoms with Gasteiger partial charge in [0.25, 0.3) is 5.91 Å². The van der Waals surface area contributed by atoms with Crippen molar-refractivity contribution in [3.05, 3.63) is 65.4 Å². The molecular formula is C17H15FN2O2. The highest BCUT2D eigenvalue weighted by Gasteiger charge is 2.21. The van der Waals surface area contributed by atoms with Crippen LogP contribution in [-0.2, 0) is 0 Å². The maximum absolute atomic E-state index is 13.7. The van der Waals surface area contributed by atoms with Crippen molar-refractivity contribution >= 4 is 16.9 Å². The number of rotatable bonds is 3. The Hall–Kier alpha value is -2.69. The van der Waals surface area contributed by atoms with E-state index in [-0.39, 0.29) is 23.3 Å². The van der Waals surface area contributed by atoms with Gasteiger partial charge in [0.2, 0.25) is 0 Å². The summed E-state index contributed by atoms with van der Waals surface area (Å²) < 4.78 is 19.2. The van der Waals surface area contributed by atoms with E-state index in [9.17, 15) is 9.18 Å². The molecule has 112 valence electrons. The minimum Gasteiger partial charge on any atom is -0.448 e. The molecule has 0 bridgehead atoms. The van der Waals surface area contributed by atoms with E-state index in [4.69, 9.17) is 4.42 Å². The maximum Gasteiger partial charge on any atom is 0.287 e. The molecule has 0 radical (unpaired) electrons. The monoisotopic (exact) mass is 298 g/mol. The van der Waals surface area contributed by atoms with Gasteiger partial charge < -0.3 is 9.73 Å². The lowest BCUT2D eigenvalue weighted by atomic mass is 10.1. The number of carbonyl (C=O) groups is 1. The van der Waals surface area contributed by atoms with Crippen LogP contribution >= 0.6 is 0 Å². The number of carbonyl (C=O) groups excluding carboxylic acids is 1. The third-order valence-corrected chi connectivity index (χ3v) is 3.65. The molecule has 4 nitrogen and oxygen atoms in total. The number of hydrogen-bond acceptors (Lipinski definition) is 3. The van der Waals surface area contributed by atoms with Gasteiger partial charge in [-0.3, -0.25) is 9.78 Å². The van der Waals surface area contributed by atoms with Gasteiger partial charge in [0.1, 0.15) is 0 Å². The number of hydrogen-bond donors (Lipinski definition) is 1. The smallest absolute Gasteiger partial charge is 0.287 e. The number of aromatic nitrogens is 1. The zero-order chi connectivity index (χ0) is 15.7. The minimum absolute atomic E-state index is 0.110. The molecule has 0 spiro atoms. The van der Waals surface area contributed by atoms with E-state index in [1.54, 1.807) is 37.5 Å². The molecule has 2 aromatic heterocycles. The Labute approximate surface area is 127 Å². The second-order valence-electron chi connectivity index (χ2n) is 5.15. The molecule has 1 atom stereocenters. The first-order valence-electron chi connectivity index (χ1n) is 6.96. The maximum atomic E-state index is 13.7. The summed E-state index contributed by atoms with van der Waals surface area (Å²) in [6.45, 7) is 3.60. The number of pyridine rings is 1. The lowest BCUT2D eigenvalue weighted by molar-refractivity contribution is 0.0913. The molecule has 0 fully saturated rings. The largest absolute Gasteiger partial charge is 0.448 e. The summed E-state index contributed by atoms with van der Waals surface area (Å²) >= 11 is 0. The van der Waals surface area contributed by atoms with Gasteiger partial charge in [-0.15, -0.1) is 0 Å². The lowest BCUT2D eigenvalue weighted by Gasteiger charge is -2.12. The summed E-state index contributed by atoms with van der Waals surface area (Å²) in [5, 5.41) is 3.45. The second-order valence-corrected chi connectivity index (χ2v) is 5.15. The molecular weight excluding hydrogens is 283 g/mol. The van der Waals surface area contributed by atoms with Crippen molar-refractivity contribution < 1.29 is 13.6 Å². The van der Waals surface area contributed by atoms with Crippen molar-refractivity contribution in [3.63, 3.8) is 0 Å². The molecule has 22 heavy (non-hydrogen) atoms. The summed E-state index contributed by atoms with van der Waals surface area (Å²) in [7, 11) is 0. The Morgan fingerprint density at radius 3 is 2.82 bits per heavy atom. The third-order valence-electron chi connectivity index (χ3n) is 3.65. The van der Waals surface area contributed by atoms with Gasteiger partial charge in [0, 0.05) is 23.3 Å². The van der Waals surface area contributed by atoms with Crippen LogP contribution < -0.4 is 5.32 Å². The number of aryl methyl sites for hydroxylation is 1. The highest BCUT2D eigenvalue weighted by molar-refractivity contribution is 5.99. The first-order chi connectivity index (χ1) is 10.6. The molecule has 1 amide bonds. The van der Waals surface area contributed by atoms with Crippen LogP contribution in [0.3, 0.4) is 0 Å². The molecule has 1 unspecified atom stereocenters. The second kappa shape index (κ2) is 5.60. The SMILES string of the molecule is Cc1c(C(=O)NC(C)c2cccnc2)oc2c(F)cccc12. The number of para-hydroxylation sites is 1. The molecule has 0 saturated carbocycles. The van der Waals surface area contributed by atoms with Gasteiger partial charge in [-0.1, -0.05) is 18.2 Å². The predicted octanol–water partition coefficient (Wildman–Crippen LogP) is 3.77. The first-order valence-corrected chi connectivity index (χ1v) is 6.96. The molecule has 3 rings (SSSR count). The number of amides is 1. The highest BCUT2D eigenvalue weighted by Crippen LogP contribution is 2.27. The fourth-order valence-electron chi connectivity index (χ4n) is 2.40. The molecule has 1 aromatic carbocycles. The van der Waals surface area contributed by atoms with Crippen LogP contribution in [0.15, 0.2) is 47.1 Å².